The predicted molar refractivity (Wildman–Crippen MR) is 57.7 cm³/mol. The monoisotopic (exact) mass is 342 g/mol. The van der Waals surface area contributed by atoms with Gasteiger partial charge in [0.1, 0.15) is 3.70 Å². The molecule has 0 saturated heterocycles. The maximum absolute atomic E-state index is 12.1. The third-order valence-electron chi connectivity index (χ3n) is 1.68. The highest BCUT2D eigenvalue weighted by molar-refractivity contribution is 14.1. The molecule has 3 nitrogen and oxygen atoms in total. The molecular weight excluding hydrogens is 336 g/mol. The Morgan fingerprint density at radius 3 is 2.69 bits per heavy atom. The first-order chi connectivity index (χ1) is 7.33. The Balaban J connectivity index is 3.20. The smallest absolute Gasteiger partial charge is 0.404 e. The lowest BCUT2D eigenvalue weighted by molar-refractivity contribution is -0.275. The fourth-order valence-corrected chi connectivity index (χ4v) is 1.89. The van der Waals surface area contributed by atoms with Gasteiger partial charge in [0.15, 0.2) is 5.75 Å². The predicted octanol–water partition coefficient (Wildman–Crippen LogP) is 2.96. The molecule has 0 aliphatic rings. The minimum atomic E-state index is -4.77. The molecule has 0 atom stereocenters. The molecule has 0 aliphatic carbocycles. The summed E-state index contributed by atoms with van der Waals surface area (Å²) in [5.41, 5.74) is 0.311. The molecule has 1 aromatic rings. The van der Waals surface area contributed by atoms with Gasteiger partial charge in [0.25, 0.3) is 0 Å². The normalized spacial score (nSPS) is 11.0. The average molecular weight is 342 g/mol. The van der Waals surface area contributed by atoms with Crippen molar-refractivity contribution < 1.29 is 17.9 Å². The largest absolute Gasteiger partial charge is 0.573 e. The summed E-state index contributed by atoms with van der Waals surface area (Å²) in [6.07, 6.45) is -4.92. The molecule has 0 unspecified atom stereocenters. The Hall–Kier alpha value is -1.04. The first kappa shape index (κ1) is 13.0. The van der Waals surface area contributed by atoms with Crippen molar-refractivity contribution in [3.63, 3.8) is 0 Å². The molecule has 1 heterocycles. The highest BCUT2D eigenvalue weighted by Gasteiger charge is 2.33. The van der Waals surface area contributed by atoms with E-state index in [0.29, 0.717) is 3.70 Å². The van der Waals surface area contributed by atoms with Crippen LogP contribution in [0.2, 0.25) is 0 Å². The molecule has 0 saturated carbocycles. The van der Waals surface area contributed by atoms with E-state index in [0.717, 1.165) is 0 Å². The van der Waals surface area contributed by atoms with Gasteiger partial charge in [0, 0.05) is 5.56 Å². The van der Waals surface area contributed by atoms with Crippen LogP contribution in [0.4, 0.5) is 13.2 Å². The minimum Gasteiger partial charge on any atom is -0.404 e. The standard InChI is InChI=1S/C9H6F3IN2O/c1-5-8(16-9(10,11)12)6(2-3-14)4-7(13)15-5/h4H,2H2,1H3. The molecule has 86 valence electrons. The van der Waals surface area contributed by atoms with Crippen LogP contribution in [0.5, 0.6) is 5.75 Å². The van der Waals surface area contributed by atoms with Crippen molar-refractivity contribution in [2.75, 3.05) is 0 Å². The summed E-state index contributed by atoms with van der Waals surface area (Å²) in [6, 6.07) is 3.19. The van der Waals surface area contributed by atoms with E-state index in [9.17, 15) is 13.2 Å². The number of halogens is 4. The minimum absolute atomic E-state index is 0.120. The van der Waals surface area contributed by atoms with E-state index in [-0.39, 0.29) is 23.4 Å². The average Bonchev–Trinajstić information content (AvgIpc) is 2.10. The Kier molecular flexibility index (Phi) is 3.96. The van der Waals surface area contributed by atoms with Gasteiger partial charge >= 0.3 is 6.36 Å². The molecule has 1 rings (SSSR count). The van der Waals surface area contributed by atoms with Crippen molar-refractivity contribution in [3.8, 4) is 11.8 Å². The molecule has 1 aromatic heterocycles. The molecule has 0 fully saturated rings. The van der Waals surface area contributed by atoms with Crippen LogP contribution in [-0.2, 0) is 6.42 Å². The fraction of sp³-hybridized carbons (Fsp3) is 0.333. The van der Waals surface area contributed by atoms with Gasteiger partial charge in [-0.2, -0.15) is 5.26 Å². The maximum atomic E-state index is 12.1. The SMILES string of the molecule is Cc1nc(I)cc(CC#N)c1OC(F)(F)F. The zero-order chi connectivity index (χ0) is 12.3. The second-order valence-electron chi connectivity index (χ2n) is 2.90. The highest BCUT2D eigenvalue weighted by atomic mass is 127. The van der Waals surface area contributed by atoms with Crippen LogP contribution < -0.4 is 4.74 Å². The molecule has 0 aromatic carbocycles. The van der Waals surface area contributed by atoms with E-state index in [4.69, 9.17) is 5.26 Å². The first-order valence-corrected chi connectivity index (χ1v) is 5.20. The quantitative estimate of drug-likeness (QED) is 0.613. The second-order valence-corrected chi connectivity index (χ2v) is 4.01. The molecule has 0 spiro atoms. The molecule has 0 aliphatic heterocycles. The molecule has 0 N–H and O–H groups in total. The number of rotatable bonds is 2. The molecule has 0 radical (unpaired) electrons. The van der Waals surface area contributed by atoms with Crippen molar-refractivity contribution in [2.24, 2.45) is 0 Å². The van der Waals surface area contributed by atoms with Crippen LogP contribution in [0.15, 0.2) is 6.07 Å². The lowest BCUT2D eigenvalue weighted by Crippen LogP contribution is -2.19. The topological polar surface area (TPSA) is 45.9 Å². The number of nitriles is 1. The van der Waals surface area contributed by atoms with Crippen LogP contribution in [0.3, 0.4) is 0 Å². The van der Waals surface area contributed by atoms with E-state index in [1.54, 1.807) is 6.07 Å². The van der Waals surface area contributed by atoms with E-state index < -0.39 is 6.36 Å². The van der Waals surface area contributed by atoms with Gasteiger partial charge in [0.05, 0.1) is 18.2 Å². The zero-order valence-corrected chi connectivity index (χ0v) is 10.3. The first-order valence-electron chi connectivity index (χ1n) is 4.12. The van der Waals surface area contributed by atoms with E-state index in [2.05, 4.69) is 9.72 Å². The third-order valence-corrected chi connectivity index (χ3v) is 2.23. The van der Waals surface area contributed by atoms with Gasteiger partial charge < -0.3 is 4.74 Å². The van der Waals surface area contributed by atoms with Crippen molar-refractivity contribution in [1.82, 2.24) is 4.98 Å². The van der Waals surface area contributed by atoms with E-state index in [1.165, 1.54) is 13.0 Å². The van der Waals surface area contributed by atoms with Crippen molar-refractivity contribution in [1.29, 1.82) is 5.26 Å². The Bertz CT molecular complexity index is 440. The summed E-state index contributed by atoms with van der Waals surface area (Å²) in [5.74, 6) is -0.380. The molecule has 16 heavy (non-hydrogen) atoms. The molecular formula is C9H6F3IN2O. The summed E-state index contributed by atoms with van der Waals surface area (Å²) in [4.78, 5) is 3.85. The molecule has 0 bridgehead atoms. The van der Waals surface area contributed by atoms with Gasteiger partial charge in [-0.25, -0.2) is 4.98 Å². The van der Waals surface area contributed by atoms with Crippen molar-refractivity contribution >= 4 is 22.6 Å². The maximum Gasteiger partial charge on any atom is 0.573 e. The molecule has 0 amide bonds. The fourth-order valence-electron chi connectivity index (χ4n) is 1.16. The second kappa shape index (κ2) is 4.86. The number of pyridine rings is 1. The van der Waals surface area contributed by atoms with Crippen LogP contribution in [0.1, 0.15) is 11.3 Å². The number of alkyl halides is 3. The van der Waals surface area contributed by atoms with Gasteiger partial charge in [-0.1, -0.05) is 0 Å². The zero-order valence-electron chi connectivity index (χ0n) is 8.10. The van der Waals surface area contributed by atoms with Gasteiger partial charge in [-0.15, -0.1) is 13.2 Å². The number of nitrogens with zero attached hydrogens (tertiary/aromatic N) is 2. The van der Waals surface area contributed by atoms with Crippen LogP contribution in [-0.4, -0.2) is 11.3 Å². The molecule has 7 heteroatoms. The summed E-state index contributed by atoms with van der Waals surface area (Å²) in [5, 5.41) is 8.51. The number of hydrogen-bond acceptors (Lipinski definition) is 3. The summed E-state index contributed by atoms with van der Waals surface area (Å²) in [6.45, 7) is 1.41. The lowest BCUT2D eigenvalue weighted by Gasteiger charge is -2.14. The Morgan fingerprint density at radius 1 is 1.56 bits per heavy atom. The van der Waals surface area contributed by atoms with Crippen LogP contribution >= 0.6 is 22.6 Å². The number of hydrogen-bond donors (Lipinski definition) is 0. The number of aryl methyl sites for hydroxylation is 1. The summed E-state index contributed by atoms with van der Waals surface area (Å²) >= 11 is 1.87. The third kappa shape index (κ3) is 3.52. The van der Waals surface area contributed by atoms with Gasteiger partial charge in [-0.05, 0) is 35.6 Å². The number of ether oxygens (including phenoxy) is 1. The number of aromatic nitrogens is 1. The lowest BCUT2D eigenvalue weighted by atomic mass is 10.1. The van der Waals surface area contributed by atoms with Gasteiger partial charge in [0.2, 0.25) is 0 Å². The Labute approximate surface area is 103 Å². The van der Waals surface area contributed by atoms with E-state index >= 15 is 0 Å². The highest BCUT2D eigenvalue weighted by Crippen LogP contribution is 2.30. The van der Waals surface area contributed by atoms with Crippen LogP contribution in [0.25, 0.3) is 0 Å². The Morgan fingerprint density at radius 2 is 2.19 bits per heavy atom. The summed E-state index contributed by atoms with van der Waals surface area (Å²) < 4.78 is 40.7. The van der Waals surface area contributed by atoms with E-state index in [1.807, 2.05) is 22.6 Å². The van der Waals surface area contributed by atoms with Crippen molar-refractivity contribution in [2.45, 2.75) is 19.7 Å². The summed E-state index contributed by atoms with van der Waals surface area (Å²) in [7, 11) is 0. The van der Waals surface area contributed by atoms with Gasteiger partial charge in [-0.3, -0.25) is 0 Å². The van der Waals surface area contributed by atoms with Crippen LogP contribution in [0, 0.1) is 22.0 Å². The van der Waals surface area contributed by atoms with Crippen molar-refractivity contribution in [3.05, 3.63) is 21.0 Å².